The van der Waals surface area contributed by atoms with Crippen molar-refractivity contribution in [1.29, 1.82) is 0 Å². The van der Waals surface area contributed by atoms with E-state index in [1.54, 1.807) is 6.07 Å². The fourth-order valence-electron chi connectivity index (χ4n) is 4.97. The summed E-state index contributed by atoms with van der Waals surface area (Å²) in [6.45, 7) is 6.07. The molecule has 1 saturated carbocycles. The first-order valence-electron chi connectivity index (χ1n) is 9.76. The Morgan fingerprint density at radius 1 is 1.17 bits per heavy atom. The number of phenols is 1. The zero-order chi connectivity index (χ0) is 16.1. The van der Waals surface area contributed by atoms with Crippen molar-refractivity contribution in [1.82, 2.24) is 4.90 Å². The summed E-state index contributed by atoms with van der Waals surface area (Å²) in [4.78, 5) is 2.71. The molecule has 1 aliphatic heterocycles. The third kappa shape index (κ3) is 3.74. The molecular weight excluding hydrogens is 282 g/mol. The lowest BCUT2D eigenvalue weighted by atomic mass is 9.59. The predicted molar refractivity (Wildman–Crippen MR) is 96.9 cm³/mol. The molecule has 128 valence electrons. The van der Waals surface area contributed by atoms with E-state index in [1.165, 1.54) is 83.0 Å². The molecule has 0 radical (unpaired) electrons. The molecule has 0 amide bonds. The Bertz CT molecular complexity index is 500. The Balaban J connectivity index is 1.68. The molecule has 0 aromatic heterocycles. The second kappa shape index (κ2) is 7.70. The van der Waals surface area contributed by atoms with Gasteiger partial charge in [-0.05, 0) is 62.4 Å². The number of rotatable bonds is 6. The number of piperidine rings is 1. The Hall–Kier alpha value is -1.02. The van der Waals surface area contributed by atoms with Gasteiger partial charge in [-0.3, -0.25) is 0 Å². The fraction of sp³-hybridized carbons (Fsp3) is 0.714. The van der Waals surface area contributed by atoms with Crippen LogP contribution in [0.5, 0.6) is 5.75 Å². The quantitative estimate of drug-likeness (QED) is 0.738. The molecule has 2 fully saturated rings. The smallest absolute Gasteiger partial charge is 0.115 e. The summed E-state index contributed by atoms with van der Waals surface area (Å²) in [7, 11) is 0. The molecule has 2 atom stereocenters. The molecule has 1 aromatic carbocycles. The SMILES string of the molecule is CCCCCCN1CCC2(c3cccc(O)c3)CCCCC2C1. The minimum Gasteiger partial charge on any atom is -0.508 e. The average molecular weight is 316 g/mol. The van der Waals surface area contributed by atoms with Crippen LogP contribution in [0.3, 0.4) is 0 Å². The Kier molecular flexibility index (Phi) is 5.63. The number of likely N-dealkylation sites (tertiary alicyclic amines) is 1. The van der Waals surface area contributed by atoms with E-state index in [2.05, 4.69) is 17.9 Å². The third-order valence-electron chi connectivity index (χ3n) is 6.31. The van der Waals surface area contributed by atoms with Crippen molar-refractivity contribution >= 4 is 0 Å². The molecule has 1 aliphatic carbocycles. The summed E-state index contributed by atoms with van der Waals surface area (Å²) in [5.41, 5.74) is 1.73. The number of phenolic OH excluding ortho intramolecular Hbond substituents is 1. The maximum absolute atomic E-state index is 9.94. The van der Waals surface area contributed by atoms with Crippen LogP contribution in [0.1, 0.15) is 70.3 Å². The second-order valence-corrected chi connectivity index (χ2v) is 7.76. The maximum atomic E-state index is 9.94. The van der Waals surface area contributed by atoms with Gasteiger partial charge in [-0.2, -0.15) is 0 Å². The van der Waals surface area contributed by atoms with Gasteiger partial charge in [0.1, 0.15) is 5.75 Å². The third-order valence-corrected chi connectivity index (χ3v) is 6.31. The van der Waals surface area contributed by atoms with E-state index in [9.17, 15) is 5.11 Å². The average Bonchev–Trinajstić information content (AvgIpc) is 2.58. The van der Waals surface area contributed by atoms with E-state index in [0.717, 1.165) is 5.92 Å². The molecule has 1 aromatic rings. The number of nitrogens with zero attached hydrogens (tertiary/aromatic N) is 1. The summed E-state index contributed by atoms with van der Waals surface area (Å²) in [6.07, 6.45) is 12.1. The summed E-state index contributed by atoms with van der Waals surface area (Å²) < 4.78 is 0. The Morgan fingerprint density at radius 2 is 2.09 bits per heavy atom. The van der Waals surface area contributed by atoms with Gasteiger partial charge >= 0.3 is 0 Å². The molecule has 1 saturated heterocycles. The van der Waals surface area contributed by atoms with Crippen molar-refractivity contribution in [2.24, 2.45) is 5.92 Å². The standard InChI is InChI=1S/C21H33NO/c1-2-3-4-7-14-22-15-13-21(12-6-5-9-19(21)17-22)18-10-8-11-20(23)16-18/h8,10-11,16,19,23H,2-7,9,12-15,17H2,1H3. The Morgan fingerprint density at radius 3 is 2.91 bits per heavy atom. The number of hydrogen-bond acceptors (Lipinski definition) is 2. The molecule has 2 unspecified atom stereocenters. The van der Waals surface area contributed by atoms with Crippen LogP contribution in [0, 0.1) is 5.92 Å². The van der Waals surface area contributed by atoms with Crippen molar-refractivity contribution < 1.29 is 5.11 Å². The molecule has 1 heterocycles. The molecule has 3 rings (SSSR count). The zero-order valence-electron chi connectivity index (χ0n) is 14.8. The van der Waals surface area contributed by atoms with Gasteiger partial charge in [-0.15, -0.1) is 0 Å². The van der Waals surface area contributed by atoms with Crippen LogP contribution in [0.25, 0.3) is 0 Å². The van der Waals surface area contributed by atoms with Crippen molar-refractivity contribution in [2.45, 2.75) is 70.1 Å². The van der Waals surface area contributed by atoms with Crippen LogP contribution in [-0.2, 0) is 5.41 Å². The van der Waals surface area contributed by atoms with E-state index >= 15 is 0 Å². The predicted octanol–water partition coefficient (Wildman–Crippen LogP) is 5.11. The molecule has 0 bridgehead atoms. The Labute approximate surface area is 141 Å². The minimum atomic E-state index is 0.330. The number of unbranched alkanes of at least 4 members (excludes halogenated alkanes) is 3. The van der Waals surface area contributed by atoms with Gasteiger partial charge in [-0.25, -0.2) is 0 Å². The van der Waals surface area contributed by atoms with Gasteiger partial charge in [0, 0.05) is 12.0 Å². The summed E-state index contributed by atoms with van der Waals surface area (Å²) in [6, 6.07) is 8.13. The van der Waals surface area contributed by atoms with Crippen LogP contribution in [-0.4, -0.2) is 29.6 Å². The van der Waals surface area contributed by atoms with E-state index in [0.29, 0.717) is 11.2 Å². The van der Waals surface area contributed by atoms with Gasteiger partial charge in [0.25, 0.3) is 0 Å². The topological polar surface area (TPSA) is 23.5 Å². The van der Waals surface area contributed by atoms with Crippen molar-refractivity contribution in [3.63, 3.8) is 0 Å². The van der Waals surface area contributed by atoms with Crippen molar-refractivity contribution in [3.8, 4) is 5.75 Å². The lowest BCUT2D eigenvalue weighted by molar-refractivity contribution is 0.0552. The molecule has 2 aliphatic rings. The molecule has 2 heteroatoms. The lowest BCUT2D eigenvalue weighted by Crippen LogP contribution is -2.51. The van der Waals surface area contributed by atoms with Crippen LogP contribution in [0.15, 0.2) is 24.3 Å². The van der Waals surface area contributed by atoms with Gasteiger partial charge in [0.05, 0.1) is 0 Å². The number of benzene rings is 1. The first kappa shape index (κ1) is 16.8. The van der Waals surface area contributed by atoms with Crippen LogP contribution < -0.4 is 0 Å². The highest BCUT2D eigenvalue weighted by Crippen LogP contribution is 2.49. The van der Waals surface area contributed by atoms with E-state index in [-0.39, 0.29) is 0 Å². The highest BCUT2D eigenvalue weighted by atomic mass is 16.3. The fourth-order valence-corrected chi connectivity index (χ4v) is 4.97. The number of aromatic hydroxyl groups is 1. The van der Waals surface area contributed by atoms with Gasteiger partial charge in [-0.1, -0.05) is 51.2 Å². The molecule has 1 N–H and O–H groups in total. The van der Waals surface area contributed by atoms with Gasteiger partial charge < -0.3 is 10.0 Å². The lowest BCUT2D eigenvalue weighted by Gasteiger charge is -2.51. The summed E-state index contributed by atoms with van der Waals surface area (Å²) >= 11 is 0. The van der Waals surface area contributed by atoms with Gasteiger partial charge in [0.2, 0.25) is 0 Å². The molecular formula is C21H33NO. The van der Waals surface area contributed by atoms with Gasteiger partial charge in [0.15, 0.2) is 0 Å². The monoisotopic (exact) mass is 315 g/mol. The molecule has 0 spiro atoms. The van der Waals surface area contributed by atoms with Crippen molar-refractivity contribution in [3.05, 3.63) is 29.8 Å². The van der Waals surface area contributed by atoms with E-state index in [4.69, 9.17) is 0 Å². The number of fused-ring (bicyclic) bond motifs is 1. The number of hydrogen-bond donors (Lipinski definition) is 1. The molecule has 23 heavy (non-hydrogen) atoms. The van der Waals surface area contributed by atoms with Crippen LogP contribution in [0.4, 0.5) is 0 Å². The largest absolute Gasteiger partial charge is 0.508 e. The minimum absolute atomic E-state index is 0.330. The van der Waals surface area contributed by atoms with E-state index < -0.39 is 0 Å². The highest BCUT2D eigenvalue weighted by molar-refractivity contribution is 5.35. The summed E-state index contributed by atoms with van der Waals surface area (Å²) in [5, 5.41) is 9.94. The van der Waals surface area contributed by atoms with Crippen LogP contribution >= 0.6 is 0 Å². The van der Waals surface area contributed by atoms with Crippen LogP contribution in [0.2, 0.25) is 0 Å². The first-order valence-corrected chi connectivity index (χ1v) is 9.76. The highest BCUT2D eigenvalue weighted by Gasteiger charge is 2.45. The second-order valence-electron chi connectivity index (χ2n) is 7.76. The first-order chi connectivity index (χ1) is 11.2. The zero-order valence-corrected chi connectivity index (χ0v) is 14.8. The van der Waals surface area contributed by atoms with Crippen molar-refractivity contribution in [2.75, 3.05) is 19.6 Å². The molecule has 2 nitrogen and oxygen atoms in total. The normalized spacial score (nSPS) is 28.5. The van der Waals surface area contributed by atoms with E-state index in [1.807, 2.05) is 12.1 Å². The summed E-state index contributed by atoms with van der Waals surface area (Å²) in [5.74, 6) is 1.21. The maximum Gasteiger partial charge on any atom is 0.115 e.